The highest BCUT2D eigenvalue weighted by Gasteiger charge is 2.19. The molecule has 6 heteroatoms. The fourth-order valence-electron chi connectivity index (χ4n) is 2.93. The van der Waals surface area contributed by atoms with Crippen LogP contribution in [0.5, 0.6) is 0 Å². The zero-order valence-electron chi connectivity index (χ0n) is 17.1. The van der Waals surface area contributed by atoms with Gasteiger partial charge in [0.25, 0.3) is 0 Å². The lowest BCUT2D eigenvalue weighted by atomic mass is 10.1. The standard InChI is InChI=1S/C22H27N3O3/c1-14(2)25-21-19(13-23-25)18(22(26)28-11-10-27-15(3)4)12-20(24-21)17-8-6-16(5)7-9-17/h6-9,12-15H,10-11H2,1-5H3. The van der Waals surface area contributed by atoms with Crippen molar-refractivity contribution < 1.29 is 14.3 Å². The van der Waals surface area contributed by atoms with E-state index in [1.165, 1.54) is 5.56 Å². The highest BCUT2D eigenvalue weighted by atomic mass is 16.6. The molecule has 0 spiro atoms. The molecular formula is C22H27N3O3. The summed E-state index contributed by atoms with van der Waals surface area (Å²) in [6.07, 6.45) is 1.78. The van der Waals surface area contributed by atoms with Crippen LogP contribution in [0.1, 0.15) is 49.7 Å². The Bertz CT molecular complexity index is 959. The summed E-state index contributed by atoms with van der Waals surface area (Å²) in [7, 11) is 0. The molecule has 0 amide bonds. The lowest BCUT2D eigenvalue weighted by Crippen LogP contribution is -2.14. The number of benzene rings is 1. The molecule has 0 aliphatic heterocycles. The predicted octanol–water partition coefficient (Wildman–Crippen LogP) is 4.57. The molecule has 0 radical (unpaired) electrons. The highest BCUT2D eigenvalue weighted by molar-refractivity contribution is 6.03. The molecule has 0 N–H and O–H groups in total. The van der Waals surface area contributed by atoms with Crippen LogP contribution in [-0.4, -0.2) is 40.1 Å². The number of esters is 1. The summed E-state index contributed by atoms with van der Waals surface area (Å²) in [4.78, 5) is 17.6. The maximum Gasteiger partial charge on any atom is 0.339 e. The molecule has 1 aromatic carbocycles. The van der Waals surface area contributed by atoms with Gasteiger partial charge in [-0.25, -0.2) is 14.5 Å². The fraction of sp³-hybridized carbons (Fsp3) is 0.409. The van der Waals surface area contributed by atoms with Crippen molar-refractivity contribution in [1.29, 1.82) is 0 Å². The molecule has 28 heavy (non-hydrogen) atoms. The number of pyridine rings is 1. The van der Waals surface area contributed by atoms with E-state index in [0.717, 1.165) is 11.3 Å². The summed E-state index contributed by atoms with van der Waals surface area (Å²) < 4.78 is 12.7. The van der Waals surface area contributed by atoms with Crippen molar-refractivity contribution in [2.75, 3.05) is 13.2 Å². The molecule has 2 aromatic heterocycles. The van der Waals surface area contributed by atoms with Gasteiger partial charge in [-0.3, -0.25) is 0 Å². The lowest BCUT2D eigenvalue weighted by molar-refractivity contribution is 0.0178. The minimum atomic E-state index is -0.392. The second-order valence-electron chi connectivity index (χ2n) is 7.40. The first kappa shape index (κ1) is 20.0. The normalized spacial score (nSPS) is 11.5. The summed E-state index contributed by atoms with van der Waals surface area (Å²) in [5.74, 6) is -0.392. The van der Waals surface area contributed by atoms with Crippen molar-refractivity contribution in [2.45, 2.75) is 46.8 Å². The largest absolute Gasteiger partial charge is 0.460 e. The van der Waals surface area contributed by atoms with Crippen LogP contribution in [0, 0.1) is 6.92 Å². The number of ether oxygens (including phenoxy) is 2. The Balaban J connectivity index is 2.00. The number of aromatic nitrogens is 3. The van der Waals surface area contributed by atoms with E-state index in [0.29, 0.717) is 23.2 Å². The number of nitrogens with zero attached hydrogens (tertiary/aromatic N) is 3. The average Bonchev–Trinajstić information content (AvgIpc) is 3.09. The third kappa shape index (κ3) is 4.39. The van der Waals surface area contributed by atoms with Gasteiger partial charge in [-0.15, -0.1) is 0 Å². The summed E-state index contributed by atoms with van der Waals surface area (Å²) in [5.41, 5.74) is 3.98. The molecule has 0 atom stereocenters. The van der Waals surface area contributed by atoms with Gasteiger partial charge in [-0.1, -0.05) is 29.8 Å². The Kier molecular flexibility index (Phi) is 6.09. The van der Waals surface area contributed by atoms with Crippen LogP contribution in [0.15, 0.2) is 36.5 Å². The topological polar surface area (TPSA) is 66.2 Å². The van der Waals surface area contributed by atoms with E-state index in [1.54, 1.807) is 12.3 Å². The van der Waals surface area contributed by atoms with E-state index < -0.39 is 5.97 Å². The summed E-state index contributed by atoms with van der Waals surface area (Å²) in [6.45, 7) is 10.6. The van der Waals surface area contributed by atoms with Crippen molar-refractivity contribution in [2.24, 2.45) is 0 Å². The molecule has 148 valence electrons. The Morgan fingerprint density at radius 2 is 1.82 bits per heavy atom. The second-order valence-corrected chi connectivity index (χ2v) is 7.40. The van der Waals surface area contributed by atoms with E-state index in [4.69, 9.17) is 14.5 Å². The second kappa shape index (κ2) is 8.52. The van der Waals surface area contributed by atoms with Gasteiger partial charge in [0, 0.05) is 11.6 Å². The molecule has 0 aliphatic rings. The van der Waals surface area contributed by atoms with E-state index in [1.807, 2.05) is 63.6 Å². The highest BCUT2D eigenvalue weighted by Crippen LogP contribution is 2.27. The third-order valence-corrected chi connectivity index (χ3v) is 4.39. The Morgan fingerprint density at radius 3 is 2.46 bits per heavy atom. The molecule has 0 bridgehead atoms. The van der Waals surface area contributed by atoms with Crippen LogP contribution >= 0.6 is 0 Å². The first-order chi connectivity index (χ1) is 13.4. The number of hydrogen-bond donors (Lipinski definition) is 0. The van der Waals surface area contributed by atoms with Crippen molar-refractivity contribution >= 4 is 17.0 Å². The van der Waals surface area contributed by atoms with Gasteiger partial charge in [-0.2, -0.15) is 5.10 Å². The third-order valence-electron chi connectivity index (χ3n) is 4.39. The fourth-order valence-corrected chi connectivity index (χ4v) is 2.93. The molecule has 3 rings (SSSR count). The molecule has 0 fully saturated rings. The molecule has 0 unspecified atom stereocenters. The van der Waals surface area contributed by atoms with Crippen LogP contribution in [0.3, 0.4) is 0 Å². The van der Waals surface area contributed by atoms with Crippen LogP contribution in [-0.2, 0) is 9.47 Å². The van der Waals surface area contributed by atoms with Gasteiger partial charge < -0.3 is 9.47 Å². The molecule has 0 saturated heterocycles. The predicted molar refractivity (Wildman–Crippen MR) is 109 cm³/mol. The lowest BCUT2D eigenvalue weighted by Gasteiger charge is -2.11. The number of fused-ring (bicyclic) bond motifs is 1. The van der Waals surface area contributed by atoms with Crippen LogP contribution in [0.2, 0.25) is 0 Å². The Labute approximate surface area is 165 Å². The van der Waals surface area contributed by atoms with Crippen molar-refractivity contribution in [3.05, 3.63) is 47.7 Å². The van der Waals surface area contributed by atoms with Crippen molar-refractivity contribution in [3.63, 3.8) is 0 Å². The minimum Gasteiger partial charge on any atom is -0.460 e. The maximum atomic E-state index is 12.8. The summed E-state index contributed by atoms with van der Waals surface area (Å²) in [5, 5.41) is 5.12. The van der Waals surface area contributed by atoms with Crippen LogP contribution in [0.4, 0.5) is 0 Å². The monoisotopic (exact) mass is 381 g/mol. The number of aryl methyl sites for hydroxylation is 1. The van der Waals surface area contributed by atoms with E-state index in [9.17, 15) is 4.79 Å². The van der Waals surface area contributed by atoms with E-state index in [-0.39, 0.29) is 18.8 Å². The first-order valence-corrected chi connectivity index (χ1v) is 9.61. The number of rotatable bonds is 7. The van der Waals surface area contributed by atoms with Gasteiger partial charge in [0.1, 0.15) is 6.61 Å². The van der Waals surface area contributed by atoms with Gasteiger partial charge in [0.05, 0.1) is 35.6 Å². The molecule has 2 heterocycles. The van der Waals surface area contributed by atoms with Crippen molar-refractivity contribution in [3.8, 4) is 11.3 Å². The summed E-state index contributed by atoms with van der Waals surface area (Å²) in [6, 6.07) is 9.98. The first-order valence-electron chi connectivity index (χ1n) is 9.61. The van der Waals surface area contributed by atoms with Gasteiger partial charge in [0.2, 0.25) is 0 Å². The number of carbonyl (C=O) groups is 1. The molecule has 6 nitrogen and oxygen atoms in total. The average molecular weight is 381 g/mol. The number of hydrogen-bond acceptors (Lipinski definition) is 5. The molecule has 0 aliphatic carbocycles. The Hall–Kier alpha value is -2.73. The van der Waals surface area contributed by atoms with Gasteiger partial charge >= 0.3 is 5.97 Å². The van der Waals surface area contributed by atoms with Crippen LogP contribution < -0.4 is 0 Å². The molecule has 3 aromatic rings. The quantitative estimate of drug-likeness (QED) is 0.443. The smallest absolute Gasteiger partial charge is 0.339 e. The zero-order chi connectivity index (χ0) is 20.3. The van der Waals surface area contributed by atoms with Crippen LogP contribution in [0.25, 0.3) is 22.3 Å². The van der Waals surface area contributed by atoms with Gasteiger partial charge in [-0.05, 0) is 40.7 Å². The number of carbonyl (C=O) groups excluding carboxylic acids is 1. The van der Waals surface area contributed by atoms with E-state index in [2.05, 4.69) is 5.10 Å². The van der Waals surface area contributed by atoms with Gasteiger partial charge in [0.15, 0.2) is 5.65 Å². The molecular weight excluding hydrogens is 354 g/mol. The van der Waals surface area contributed by atoms with E-state index >= 15 is 0 Å². The maximum absolute atomic E-state index is 12.8. The Morgan fingerprint density at radius 1 is 1.11 bits per heavy atom. The minimum absolute atomic E-state index is 0.101. The molecule has 0 saturated carbocycles. The SMILES string of the molecule is Cc1ccc(-c2cc(C(=O)OCCOC(C)C)c3cnn(C(C)C)c3n2)cc1. The van der Waals surface area contributed by atoms with Crippen molar-refractivity contribution in [1.82, 2.24) is 14.8 Å². The summed E-state index contributed by atoms with van der Waals surface area (Å²) >= 11 is 0. The zero-order valence-corrected chi connectivity index (χ0v) is 17.1.